The average molecular weight is 223 g/mol. The van der Waals surface area contributed by atoms with Gasteiger partial charge in [-0.2, -0.15) is 17.4 Å². The number of hydrogen-bond acceptors (Lipinski definition) is 3. The van der Waals surface area contributed by atoms with Crippen molar-refractivity contribution in [2.45, 2.75) is 39.3 Å². The molecule has 86 valence electrons. The highest BCUT2D eigenvalue weighted by molar-refractivity contribution is 7.87. The van der Waals surface area contributed by atoms with Crippen molar-refractivity contribution in [3.8, 4) is 0 Å². The third-order valence-electron chi connectivity index (χ3n) is 1.78. The number of hydrogen-bond donors (Lipinski definition) is 2. The van der Waals surface area contributed by atoms with Crippen molar-refractivity contribution in [3.05, 3.63) is 0 Å². The molecule has 0 aromatic rings. The molecule has 0 aliphatic carbocycles. The van der Waals surface area contributed by atoms with E-state index in [0.717, 1.165) is 0 Å². The second-order valence-corrected chi connectivity index (χ2v) is 6.19. The minimum Gasteiger partial charge on any atom is -0.329 e. The van der Waals surface area contributed by atoms with E-state index in [-0.39, 0.29) is 6.04 Å². The summed E-state index contributed by atoms with van der Waals surface area (Å²) in [5.41, 5.74) is 4.93. The summed E-state index contributed by atoms with van der Waals surface area (Å²) in [4.78, 5) is 0. The van der Waals surface area contributed by atoms with Gasteiger partial charge in [0.05, 0.1) is 0 Å². The number of nitrogens with one attached hydrogen (secondary N) is 1. The van der Waals surface area contributed by atoms with Crippen molar-refractivity contribution in [1.29, 1.82) is 0 Å². The number of rotatable bonds is 4. The SMILES string of the molecule is CC(CN)N(C)S(=O)(=O)NC(C)(C)C. The molecule has 6 heteroatoms. The lowest BCUT2D eigenvalue weighted by Gasteiger charge is -2.28. The van der Waals surface area contributed by atoms with Crippen LogP contribution in [0.2, 0.25) is 0 Å². The van der Waals surface area contributed by atoms with Gasteiger partial charge in [0, 0.05) is 25.2 Å². The molecule has 3 N–H and O–H groups in total. The Labute approximate surface area is 86.8 Å². The summed E-state index contributed by atoms with van der Waals surface area (Å²) < 4.78 is 27.2. The van der Waals surface area contributed by atoms with E-state index >= 15 is 0 Å². The van der Waals surface area contributed by atoms with Gasteiger partial charge in [-0.15, -0.1) is 0 Å². The van der Waals surface area contributed by atoms with Crippen molar-refractivity contribution < 1.29 is 8.42 Å². The van der Waals surface area contributed by atoms with Gasteiger partial charge in [0.15, 0.2) is 0 Å². The van der Waals surface area contributed by atoms with Gasteiger partial charge in [-0.1, -0.05) is 0 Å². The maximum atomic E-state index is 11.7. The number of nitrogens with two attached hydrogens (primary N) is 1. The van der Waals surface area contributed by atoms with Crippen LogP contribution in [0.15, 0.2) is 0 Å². The van der Waals surface area contributed by atoms with Gasteiger partial charge in [0.25, 0.3) is 10.2 Å². The zero-order chi connectivity index (χ0) is 11.6. The lowest BCUT2D eigenvalue weighted by Crippen LogP contribution is -2.51. The fourth-order valence-corrected chi connectivity index (χ4v) is 2.32. The molecule has 0 radical (unpaired) electrons. The normalized spacial score (nSPS) is 15.9. The largest absolute Gasteiger partial charge is 0.329 e. The molecule has 0 rings (SSSR count). The van der Waals surface area contributed by atoms with Crippen LogP contribution >= 0.6 is 0 Å². The van der Waals surface area contributed by atoms with Gasteiger partial charge in [0.2, 0.25) is 0 Å². The Morgan fingerprint density at radius 1 is 1.43 bits per heavy atom. The van der Waals surface area contributed by atoms with Crippen LogP contribution in [0.1, 0.15) is 27.7 Å². The molecule has 0 aromatic heterocycles. The van der Waals surface area contributed by atoms with E-state index in [1.54, 1.807) is 27.7 Å². The first-order valence-corrected chi connectivity index (χ1v) is 6.01. The Balaban J connectivity index is 4.64. The summed E-state index contributed by atoms with van der Waals surface area (Å²) in [7, 11) is -1.91. The van der Waals surface area contributed by atoms with Gasteiger partial charge < -0.3 is 5.73 Å². The molecule has 0 aromatic carbocycles. The monoisotopic (exact) mass is 223 g/mol. The van der Waals surface area contributed by atoms with Crippen molar-refractivity contribution in [2.24, 2.45) is 5.73 Å². The molecule has 0 aliphatic rings. The van der Waals surface area contributed by atoms with E-state index in [1.165, 1.54) is 11.4 Å². The van der Waals surface area contributed by atoms with Crippen molar-refractivity contribution >= 4 is 10.2 Å². The fourth-order valence-electron chi connectivity index (χ4n) is 0.844. The topological polar surface area (TPSA) is 75.4 Å². The highest BCUT2D eigenvalue weighted by atomic mass is 32.2. The Hall–Kier alpha value is -0.170. The smallest absolute Gasteiger partial charge is 0.279 e. The van der Waals surface area contributed by atoms with Crippen LogP contribution in [0.5, 0.6) is 0 Å². The number of likely N-dealkylation sites (N-methyl/N-ethyl adjacent to an activating group) is 1. The quantitative estimate of drug-likeness (QED) is 0.699. The Bertz CT molecular complexity index is 269. The predicted molar refractivity (Wildman–Crippen MR) is 58.1 cm³/mol. The molecule has 0 spiro atoms. The van der Waals surface area contributed by atoms with Crippen molar-refractivity contribution in [3.63, 3.8) is 0 Å². The van der Waals surface area contributed by atoms with Crippen LogP contribution in [0.4, 0.5) is 0 Å². The van der Waals surface area contributed by atoms with Crippen LogP contribution in [0.25, 0.3) is 0 Å². The summed E-state index contributed by atoms with van der Waals surface area (Å²) in [5.74, 6) is 0. The van der Waals surface area contributed by atoms with Crippen LogP contribution < -0.4 is 10.5 Å². The van der Waals surface area contributed by atoms with Gasteiger partial charge in [-0.25, -0.2) is 0 Å². The Morgan fingerprint density at radius 2 is 1.86 bits per heavy atom. The molecule has 0 saturated heterocycles. The van der Waals surface area contributed by atoms with Crippen LogP contribution in [-0.2, 0) is 10.2 Å². The first-order valence-electron chi connectivity index (χ1n) is 4.57. The van der Waals surface area contributed by atoms with Gasteiger partial charge in [-0.05, 0) is 27.7 Å². The molecule has 0 saturated carbocycles. The molecule has 1 unspecified atom stereocenters. The highest BCUT2D eigenvalue weighted by Gasteiger charge is 2.26. The molecule has 0 heterocycles. The summed E-state index contributed by atoms with van der Waals surface area (Å²) in [5, 5.41) is 0. The van der Waals surface area contributed by atoms with Gasteiger partial charge in [0.1, 0.15) is 0 Å². The molecule has 0 aliphatic heterocycles. The van der Waals surface area contributed by atoms with Crippen molar-refractivity contribution in [1.82, 2.24) is 9.03 Å². The molecular formula is C8H21N3O2S. The molecule has 0 amide bonds. The number of nitrogens with zero attached hydrogens (tertiary/aromatic N) is 1. The van der Waals surface area contributed by atoms with Crippen molar-refractivity contribution in [2.75, 3.05) is 13.6 Å². The molecule has 1 atom stereocenters. The van der Waals surface area contributed by atoms with E-state index in [2.05, 4.69) is 4.72 Å². The lowest BCUT2D eigenvalue weighted by atomic mass is 10.1. The van der Waals surface area contributed by atoms with Gasteiger partial charge >= 0.3 is 0 Å². The third-order valence-corrected chi connectivity index (χ3v) is 3.76. The maximum absolute atomic E-state index is 11.7. The average Bonchev–Trinajstić information content (AvgIpc) is 1.97. The van der Waals surface area contributed by atoms with Crippen LogP contribution in [0, 0.1) is 0 Å². The van der Waals surface area contributed by atoms with Crippen LogP contribution in [-0.4, -0.2) is 37.9 Å². The standard InChI is InChI=1S/C8H21N3O2S/c1-7(6-9)11(5)14(12,13)10-8(2,3)4/h7,10H,6,9H2,1-5H3. The van der Waals surface area contributed by atoms with E-state index in [4.69, 9.17) is 5.73 Å². The molecule has 0 bridgehead atoms. The summed E-state index contributed by atoms with van der Waals surface area (Å²) in [6.07, 6.45) is 0. The van der Waals surface area contributed by atoms with Crippen LogP contribution in [0.3, 0.4) is 0 Å². The summed E-state index contributed by atoms with van der Waals surface area (Å²) in [6.45, 7) is 7.46. The van der Waals surface area contributed by atoms with E-state index in [0.29, 0.717) is 6.54 Å². The van der Waals surface area contributed by atoms with Gasteiger partial charge in [-0.3, -0.25) is 0 Å². The molecule has 14 heavy (non-hydrogen) atoms. The summed E-state index contributed by atoms with van der Waals surface area (Å²) in [6, 6.07) is -0.199. The van der Waals surface area contributed by atoms with E-state index in [9.17, 15) is 8.42 Å². The minimum absolute atomic E-state index is 0.199. The first kappa shape index (κ1) is 13.8. The fraction of sp³-hybridized carbons (Fsp3) is 1.00. The maximum Gasteiger partial charge on any atom is 0.279 e. The minimum atomic E-state index is -3.43. The lowest BCUT2D eigenvalue weighted by molar-refractivity contribution is 0.372. The zero-order valence-electron chi connectivity index (χ0n) is 9.53. The second kappa shape index (κ2) is 4.57. The third kappa shape index (κ3) is 4.36. The Kier molecular flexibility index (Phi) is 4.51. The predicted octanol–water partition coefficient (Wildman–Crippen LogP) is -0.102. The molecular weight excluding hydrogens is 202 g/mol. The Morgan fingerprint density at radius 3 is 2.14 bits per heavy atom. The van der Waals surface area contributed by atoms with E-state index < -0.39 is 15.7 Å². The summed E-state index contributed by atoms with van der Waals surface area (Å²) >= 11 is 0. The second-order valence-electron chi connectivity index (χ2n) is 4.46. The zero-order valence-corrected chi connectivity index (χ0v) is 10.4. The molecule has 5 nitrogen and oxygen atoms in total. The van der Waals surface area contributed by atoms with E-state index in [1.807, 2.05) is 0 Å². The first-order chi connectivity index (χ1) is 6.10. The molecule has 0 fully saturated rings. The highest BCUT2D eigenvalue weighted by Crippen LogP contribution is 2.07.